The third kappa shape index (κ3) is 4.68. The van der Waals surface area contributed by atoms with Crippen molar-refractivity contribution in [3.63, 3.8) is 0 Å². The monoisotopic (exact) mass is 417 g/mol. The van der Waals surface area contributed by atoms with E-state index in [2.05, 4.69) is 23.2 Å². The molecule has 0 unspecified atom stereocenters. The number of likely N-dealkylation sites (tertiary alicyclic amines) is 1. The first-order valence-electron chi connectivity index (χ1n) is 10.5. The van der Waals surface area contributed by atoms with Crippen molar-refractivity contribution in [2.75, 3.05) is 27.3 Å². The van der Waals surface area contributed by atoms with Gasteiger partial charge in [-0.25, -0.2) is 4.98 Å². The second-order valence-electron chi connectivity index (χ2n) is 7.83. The normalized spacial score (nSPS) is 16.1. The summed E-state index contributed by atoms with van der Waals surface area (Å²) in [5, 5.41) is 0. The minimum absolute atomic E-state index is 0.000486. The van der Waals surface area contributed by atoms with Gasteiger partial charge in [0.25, 0.3) is 5.91 Å². The van der Waals surface area contributed by atoms with Gasteiger partial charge in [-0.2, -0.15) is 0 Å². The van der Waals surface area contributed by atoms with E-state index in [9.17, 15) is 4.79 Å². The van der Waals surface area contributed by atoms with E-state index in [4.69, 9.17) is 14.5 Å². The zero-order valence-electron chi connectivity index (χ0n) is 18.2. The van der Waals surface area contributed by atoms with Crippen molar-refractivity contribution in [1.29, 1.82) is 0 Å². The van der Waals surface area contributed by atoms with Crippen LogP contribution in [0.2, 0.25) is 0 Å². The number of carbonyl (C=O) groups excluding carboxylic acids is 1. The second kappa shape index (κ2) is 9.16. The lowest BCUT2D eigenvalue weighted by Gasteiger charge is -2.33. The van der Waals surface area contributed by atoms with E-state index in [0.29, 0.717) is 18.0 Å². The molecule has 0 N–H and O–H groups in total. The van der Waals surface area contributed by atoms with Gasteiger partial charge in [-0.15, -0.1) is 0 Å². The van der Waals surface area contributed by atoms with E-state index in [1.54, 1.807) is 32.5 Å². The van der Waals surface area contributed by atoms with Gasteiger partial charge in [-0.3, -0.25) is 9.78 Å². The number of rotatable bonds is 5. The van der Waals surface area contributed by atoms with Crippen molar-refractivity contribution in [2.45, 2.75) is 25.7 Å². The summed E-state index contributed by atoms with van der Waals surface area (Å²) in [7, 11) is 3.24. The van der Waals surface area contributed by atoms with Crippen LogP contribution < -0.4 is 9.47 Å². The Morgan fingerprint density at radius 3 is 2.68 bits per heavy atom. The molecule has 6 nitrogen and oxygen atoms in total. The maximum absolute atomic E-state index is 13.0. The molecule has 3 heterocycles. The number of pyridine rings is 2. The largest absolute Gasteiger partial charge is 0.497 e. The highest BCUT2D eigenvalue weighted by Gasteiger charge is 2.27. The molecule has 1 atom stereocenters. The predicted octanol–water partition coefficient (Wildman–Crippen LogP) is 4.49. The highest BCUT2D eigenvalue weighted by atomic mass is 16.5. The Bertz CT molecular complexity index is 1070. The molecule has 160 valence electrons. The summed E-state index contributed by atoms with van der Waals surface area (Å²) in [6.07, 6.45) is 3.54. The Morgan fingerprint density at radius 2 is 1.94 bits per heavy atom. The first kappa shape index (κ1) is 20.8. The van der Waals surface area contributed by atoms with Crippen LogP contribution in [0.3, 0.4) is 0 Å². The molecular weight excluding hydrogens is 390 g/mol. The number of nitrogens with zero attached hydrogens (tertiary/aromatic N) is 3. The molecule has 3 aromatic rings. The van der Waals surface area contributed by atoms with Crippen molar-refractivity contribution in [2.24, 2.45) is 0 Å². The topological polar surface area (TPSA) is 64.5 Å². The molecule has 0 spiro atoms. The van der Waals surface area contributed by atoms with E-state index in [-0.39, 0.29) is 11.8 Å². The molecule has 1 saturated heterocycles. The van der Waals surface area contributed by atoms with Crippen LogP contribution in [0.4, 0.5) is 0 Å². The highest BCUT2D eigenvalue weighted by Crippen LogP contribution is 2.31. The average Bonchev–Trinajstić information content (AvgIpc) is 2.83. The van der Waals surface area contributed by atoms with Gasteiger partial charge in [0.1, 0.15) is 5.75 Å². The van der Waals surface area contributed by atoms with Crippen LogP contribution in [0.25, 0.3) is 11.1 Å². The molecular formula is C25H27N3O3. The second-order valence-corrected chi connectivity index (χ2v) is 7.83. The summed E-state index contributed by atoms with van der Waals surface area (Å²) in [5.74, 6) is 1.53. The van der Waals surface area contributed by atoms with Crippen LogP contribution in [0.1, 0.15) is 40.5 Å². The van der Waals surface area contributed by atoms with Gasteiger partial charge in [0.05, 0.1) is 19.8 Å². The molecule has 6 heteroatoms. The Hall–Kier alpha value is -3.41. The van der Waals surface area contributed by atoms with Crippen molar-refractivity contribution in [3.05, 3.63) is 71.7 Å². The van der Waals surface area contributed by atoms with Gasteiger partial charge in [0.2, 0.25) is 5.88 Å². The molecule has 1 fully saturated rings. The quantitative estimate of drug-likeness (QED) is 0.612. The highest BCUT2D eigenvalue weighted by molar-refractivity contribution is 5.94. The summed E-state index contributed by atoms with van der Waals surface area (Å²) in [5.41, 5.74) is 4.79. The number of piperidine rings is 1. The molecule has 2 aromatic heterocycles. The number of aromatic nitrogens is 2. The summed E-state index contributed by atoms with van der Waals surface area (Å²) in [6.45, 7) is 3.41. The van der Waals surface area contributed by atoms with Crippen LogP contribution in [0.15, 0.2) is 54.7 Å². The molecule has 1 aromatic carbocycles. The molecule has 0 aliphatic carbocycles. The fourth-order valence-electron chi connectivity index (χ4n) is 4.09. The van der Waals surface area contributed by atoms with Crippen LogP contribution in [0, 0.1) is 6.92 Å². The molecule has 1 amide bonds. The van der Waals surface area contributed by atoms with E-state index in [1.807, 2.05) is 30.0 Å². The Kier molecular flexibility index (Phi) is 6.16. The summed E-state index contributed by atoms with van der Waals surface area (Å²) < 4.78 is 10.5. The minimum atomic E-state index is 0.000486. The maximum atomic E-state index is 13.0. The lowest BCUT2D eigenvalue weighted by Crippen LogP contribution is -2.39. The number of carbonyl (C=O) groups is 1. The lowest BCUT2D eigenvalue weighted by atomic mass is 9.92. The van der Waals surface area contributed by atoms with Crippen molar-refractivity contribution in [3.8, 4) is 22.8 Å². The lowest BCUT2D eigenvalue weighted by molar-refractivity contribution is 0.0705. The Balaban J connectivity index is 1.56. The smallest absolute Gasteiger partial charge is 0.255 e. The van der Waals surface area contributed by atoms with Crippen molar-refractivity contribution in [1.82, 2.24) is 14.9 Å². The Labute approximate surface area is 182 Å². The standard InChI is InChI=1S/C25H27N3O3/c1-17-12-21(18-6-4-8-22(13-18)30-2)14-23(27-17)20-7-5-11-28(16-20)25(29)19-9-10-24(31-3)26-15-19/h4,6,8-10,12-15,20H,5,7,11,16H2,1-3H3/t20-/m1/s1. The van der Waals surface area contributed by atoms with Crippen molar-refractivity contribution < 1.29 is 14.3 Å². The van der Waals surface area contributed by atoms with Crippen molar-refractivity contribution >= 4 is 5.91 Å². The first-order valence-corrected chi connectivity index (χ1v) is 10.5. The third-order valence-electron chi connectivity index (χ3n) is 5.70. The number of hydrogen-bond acceptors (Lipinski definition) is 5. The maximum Gasteiger partial charge on any atom is 0.255 e. The number of methoxy groups -OCH3 is 2. The molecule has 1 aliphatic rings. The van der Waals surface area contributed by atoms with E-state index in [0.717, 1.165) is 47.7 Å². The van der Waals surface area contributed by atoms with Gasteiger partial charge in [0, 0.05) is 42.7 Å². The predicted molar refractivity (Wildman–Crippen MR) is 120 cm³/mol. The molecule has 0 bridgehead atoms. The van der Waals surface area contributed by atoms with Crippen LogP contribution in [-0.4, -0.2) is 48.1 Å². The zero-order valence-corrected chi connectivity index (χ0v) is 18.2. The SMILES string of the molecule is COc1cccc(-c2cc(C)nc([C@@H]3CCCN(C(=O)c4ccc(OC)nc4)C3)c2)c1. The zero-order chi connectivity index (χ0) is 21.8. The molecule has 1 aliphatic heterocycles. The van der Waals surface area contributed by atoms with E-state index in [1.165, 1.54) is 0 Å². The van der Waals surface area contributed by atoms with Gasteiger partial charge in [0.15, 0.2) is 0 Å². The fourth-order valence-corrected chi connectivity index (χ4v) is 4.09. The molecule has 0 saturated carbocycles. The average molecular weight is 418 g/mol. The van der Waals surface area contributed by atoms with Crippen LogP contribution in [0.5, 0.6) is 11.6 Å². The van der Waals surface area contributed by atoms with Gasteiger partial charge < -0.3 is 14.4 Å². The number of amides is 1. The number of ether oxygens (including phenoxy) is 2. The number of aryl methyl sites for hydroxylation is 1. The van der Waals surface area contributed by atoms with E-state index < -0.39 is 0 Å². The summed E-state index contributed by atoms with van der Waals surface area (Å²) in [4.78, 5) is 23.9. The number of benzene rings is 1. The fraction of sp³-hybridized carbons (Fsp3) is 0.320. The Morgan fingerprint density at radius 1 is 1.06 bits per heavy atom. The molecule has 31 heavy (non-hydrogen) atoms. The molecule has 0 radical (unpaired) electrons. The minimum Gasteiger partial charge on any atom is -0.497 e. The van der Waals surface area contributed by atoms with Gasteiger partial charge in [-0.05, 0) is 61.2 Å². The van der Waals surface area contributed by atoms with E-state index >= 15 is 0 Å². The molecule has 4 rings (SSSR count). The van der Waals surface area contributed by atoms with Gasteiger partial charge in [-0.1, -0.05) is 12.1 Å². The van der Waals surface area contributed by atoms with Gasteiger partial charge >= 0.3 is 0 Å². The summed E-state index contributed by atoms with van der Waals surface area (Å²) >= 11 is 0. The van der Waals surface area contributed by atoms with Crippen LogP contribution in [-0.2, 0) is 0 Å². The summed E-state index contributed by atoms with van der Waals surface area (Å²) in [6, 6.07) is 15.8. The third-order valence-corrected chi connectivity index (χ3v) is 5.70. The number of hydrogen-bond donors (Lipinski definition) is 0. The van der Waals surface area contributed by atoms with Crippen LogP contribution >= 0.6 is 0 Å². The first-order chi connectivity index (χ1) is 15.1.